The standard InChI is InChI=1S/C16H19F3N2O/c1-12-9-21(14(22)16(17,18)19)15(7-8-15)11-20(12)10-13-5-3-2-4-6-13/h2-6,12H,7-11H2,1H3/t12-/m0/s1. The number of halogens is 3. The molecule has 0 N–H and O–H groups in total. The zero-order valence-electron chi connectivity index (χ0n) is 12.4. The maximum absolute atomic E-state index is 12.8. The van der Waals surface area contributed by atoms with Crippen molar-refractivity contribution < 1.29 is 18.0 Å². The van der Waals surface area contributed by atoms with Gasteiger partial charge in [-0.15, -0.1) is 0 Å². The molecule has 1 aliphatic heterocycles. The number of carbonyl (C=O) groups excluding carboxylic acids is 1. The van der Waals surface area contributed by atoms with Gasteiger partial charge in [-0.3, -0.25) is 9.69 Å². The molecule has 0 aromatic heterocycles. The van der Waals surface area contributed by atoms with Crippen LogP contribution in [0.3, 0.4) is 0 Å². The van der Waals surface area contributed by atoms with Crippen molar-refractivity contribution in [1.29, 1.82) is 0 Å². The van der Waals surface area contributed by atoms with E-state index in [2.05, 4.69) is 4.90 Å². The Balaban J connectivity index is 1.74. The molecule has 2 fully saturated rings. The quantitative estimate of drug-likeness (QED) is 0.838. The zero-order chi connectivity index (χ0) is 16.0. The van der Waals surface area contributed by atoms with Crippen molar-refractivity contribution in [2.45, 2.75) is 44.1 Å². The lowest BCUT2D eigenvalue weighted by Gasteiger charge is -2.46. The highest BCUT2D eigenvalue weighted by atomic mass is 19.4. The van der Waals surface area contributed by atoms with E-state index in [0.717, 1.165) is 10.5 Å². The van der Waals surface area contributed by atoms with Gasteiger partial charge in [0.05, 0.1) is 5.54 Å². The Morgan fingerprint density at radius 2 is 1.91 bits per heavy atom. The molecule has 1 heterocycles. The predicted octanol–water partition coefficient (Wildman–Crippen LogP) is 2.81. The van der Waals surface area contributed by atoms with Crippen LogP contribution in [0.25, 0.3) is 0 Å². The fourth-order valence-electron chi connectivity index (χ4n) is 3.25. The van der Waals surface area contributed by atoms with Gasteiger partial charge in [-0.05, 0) is 25.3 Å². The fourth-order valence-corrected chi connectivity index (χ4v) is 3.25. The van der Waals surface area contributed by atoms with Crippen molar-refractivity contribution in [2.24, 2.45) is 0 Å². The van der Waals surface area contributed by atoms with Gasteiger partial charge < -0.3 is 4.90 Å². The molecule has 1 amide bonds. The Labute approximate surface area is 127 Å². The largest absolute Gasteiger partial charge is 0.471 e. The molecular formula is C16H19F3N2O. The number of carbonyl (C=O) groups is 1. The minimum absolute atomic E-state index is 0.0854. The predicted molar refractivity (Wildman–Crippen MR) is 76.0 cm³/mol. The first-order valence-electron chi connectivity index (χ1n) is 7.49. The molecule has 2 aliphatic rings. The second-order valence-corrected chi connectivity index (χ2v) is 6.38. The van der Waals surface area contributed by atoms with Crippen LogP contribution in [-0.2, 0) is 11.3 Å². The van der Waals surface area contributed by atoms with E-state index in [9.17, 15) is 18.0 Å². The van der Waals surface area contributed by atoms with Crippen LogP contribution in [0.15, 0.2) is 30.3 Å². The average molecular weight is 312 g/mol. The van der Waals surface area contributed by atoms with E-state index in [1.165, 1.54) is 0 Å². The van der Waals surface area contributed by atoms with E-state index in [4.69, 9.17) is 0 Å². The monoisotopic (exact) mass is 312 g/mol. The molecule has 1 aliphatic carbocycles. The maximum atomic E-state index is 12.8. The number of alkyl halides is 3. The van der Waals surface area contributed by atoms with E-state index < -0.39 is 17.6 Å². The third kappa shape index (κ3) is 2.84. The van der Waals surface area contributed by atoms with Crippen LogP contribution < -0.4 is 0 Å². The normalized spacial score (nSPS) is 24.5. The summed E-state index contributed by atoms with van der Waals surface area (Å²) in [5.74, 6) is -1.68. The highest BCUT2D eigenvalue weighted by Gasteiger charge is 2.59. The lowest BCUT2D eigenvalue weighted by molar-refractivity contribution is -0.192. The number of nitrogens with zero attached hydrogens (tertiary/aromatic N) is 2. The lowest BCUT2D eigenvalue weighted by Crippen LogP contribution is -2.62. The Kier molecular flexibility index (Phi) is 3.67. The van der Waals surface area contributed by atoms with Gasteiger partial charge in [0.25, 0.3) is 0 Å². The van der Waals surface area contributed by atoms with E-state index in [1.54, 1.807) is 0 Å². The Hall–Kier alpha value is -1.56. The molecule has 3 nitrogen and oxygen atoms in total. The number of hydrogen-bond donors (Lipinski definition) is 0. The molecule has 1 atom stereocenters. The Morgan fingerprint density at radius 1 is 1.27 bits per heavy atom. The summed E-state index contributed by atoms with van der Waals surface area (Å²) < 4.78 is 38.3. The van der Waals surface area contributed by atoms with Crippen molar-refractivity contribution in [3.05, 3.63) is 35.9 Å². The zero-order valence-corrected chi connectivity index (χ0v) is 12.4. The van der Waals surface area contributed by atoms with Crippen LogP contribution >= 0.6 is 0 Å². The van der Waals surface area contributed by atoms with Crippen LogP contribution in [0.5, 0.6) is 0 Å². The second-order valence-electron chi connectivity index (χ2n) is 6.38. The molecule has 120 valence electrons. The fraction of sp³-hybridized carbons (Fsp3) is 0.562. The van der Waals surface area contributed by atoms with Crippen LogP contribution in [0.4, 0.5) is 13.2 Å². The topological polar surface area (TPSA) is 23.6 Å². The van der Waals surface area contributed by atoms with Crippen molar-refractivity contribution >= 4 is 5.91 Å². The summed E-state index contributed by atoms with van der Waals surface area (Å²) in [4.78, 5) is 14.9. The van der Waals surface area contributed by atoms with Gasteiger partial charge in [-0.1, -0.05) is 30.3 Å². The molecule has 1 aromatic rings. The molecule has 0 radical (unpaired) electrons. The SMILES string of the molecule is C[C@H]1CN(C(=O)C(F)(F)F)C2(CC2)CN1Cc1ccccc1. The highest BCUT2D eigenvalue weighted by Crippen LogP contribution is 2.47. The summed E-state index contributed by atoms with van der Waals surface area (Å²) in [6.45, 7) is 3.25. The Bertz CT molecular complexity index is 554. The highest BCUT2D eigenvalue weighted by molar-refractivity contribution is 5.83. The van der Waals surface area contributed by atoms with Crippen molar-refractivity contribution in [3.63, 3.8) is 0 Å². The molecular weight excluding hydrogens is 293 g/mol. The number of benzene rings is 1. The molecule has 1 saturated heterocycles. The van der Waals surface area contributed by atoms with Gasteiger partial charge in [0.1, 0.15) is 0 Å². The van der Waals surface area contributed by atoms with Crippen LogP contribution in [0.2, 0.25) is 0 Å². The average Bonchev–Trinajstić information content (AvgIpc) is 3.22. The van der Waals surface area contributed by atoms with Crippen molar-refractivity contribution in [2.75, 3.05) is 13.1 Å². The lowest BCUT2D eigenvalue weighted by atomic mass is 10.0. The summed E-state index contributed by atoms with van der Waals surface area (Å²) in [7, 11) is 0. The summed E-state index contributed by atoms with van der Waals surface area (Å²) >= 11 is 0. The van der Waals surface area contributed by atoms with E-state index in [1.807, 2.05) is 37.3 Å². The van der Waals surface area contributed by atoms with Gasteiger partial charge >= 0.3 is 12.1 Å². The minimum atomic E-state index is -4.78. The van der Waals surface area contributed by atoms with E-state index in [-0.39, 0.29) is 12.6 Å². The summed E-state index contributed by atoms with van der Waals surface area (Å²) in [5.41, 5.74) is 0.536. The number of hydrogen-bond acceptors (Lipinski definition) is 2. The summed E-state index contributed by atoms with van der Waals surface area (Å²) in [6, 6.07) is 9.79. The molecule has 3 rings (SSSR count). The number of rotatable bonds is 2. The van der Waals surface area contributed by atoms with Crippen LogP contribution in [-0.4, -0.2) is 46.6 Å². The summed E-state index contributed by atoms with van der Waals surface area (Å²) in [5, 5.41) is 0. The van der Waals surface area contributed by atoms with Gasteiger partial charge in [0.15, 0.2) is 0 Å². The molecule has 1 spiro atoms. The second kappa shape index (κ2) is 5.26. The Morgan fingerprint density at radius 3 is 2.45 bits per heavy atom. The van der Waals surface area contributed by atoms with Crippen LogP contribution in [0.1, 0.15) is 25.3 Å². The first kappa shape index (κ1) is 15.3. The van der Waals surface area contributed by atoms with Gasteiger partial charge in [-0.2, -0.15) is 13.2 Å². The van der Waals surface area contributed by atoms with E-state index >= 15 is 0 Å². The third-order valence-electron chi connectivity index (χ3n) is 4.68. The van der Waals surface area contributed by atoms with Crippen LogP contribution in [0, 0.1) is 0 Å². The molecule has 0 unspecified atom stereocenters. The number of piperazine rings is 1. The molecule has 6 heteroatoms. The maximum Gasteiger partial charge on any atom is 0.471 e. The minimum Gasteiger partial charge on any atom is -0.326 e. The van der Waals surface area contributed by atoms with Crippen molar-refractivity contribution in [3.8, 4) is 0 Å². The summed E-state index contributed by atoms with van der Waals surface area (Å²) in [6.07, 6.45) is -3.46. The smallest absolute Gasteiger partial charge is 0.326 e. The molecule has 22 heavy (non-hydrogen) atoms. The molecule has 0 bridgehead atoms. The third-order valence-corrected chi connectivity index (χ3v) is 4.68. The van der Waals surface area contributed by atoms with Gasteiger partial charge in [0, 0.05) is 25.7 Å². The molecule has 1 aromatic carbocycles. The van der Waals surface area contributed by atoms with Gasteiger partial charge in [0.2, 0.25) is 0 Å². The van der Waals surface area contributed by atoms with Gasteiger partial charge in [-0.25, -0.2) is 0 Å². The van der Waals surface area contributed by atoms with E-state index in [0.29, 0.717) is 25.9 Å². The molecule has 1 saturated carbocycles. The van der Waals surface area contributed by atoms with Crippen molar-refractivity contribution in [1.82, 2.24) is 9.80 Å². The first-order chi connectivity index (χ1) is 10.3. The number of amides is 1. The first-order valence-corrected chi connectivity index (χ1v) is 7.49.